The number of rotatable bonds is 40. The molecule has 19 nitrogen and oxygen atoms in total. The molecule has 0 saturated carbocycles. The fraction of sp³-hybridized carbons (Fsp3) is 0.647. The van der Waals surface area contributed by atoms with Crippen LogP contribution in [0.1, 0.15) is 155 Å². The summed E-state index contributed by atoms with van der Waals surface area (Å²) in [5, 5.41) is 30.9. The molecule has 0 amide bonds. The second-order valence-electron chi connectivity index (χ2n) is 17.7. The van der Waals surface area contributed by atoms with Gasteiger partial charge in [0.25, 0.3) is 0 Å². The van der Waals surface area contributed by atoms with E-state index in [9.17, 15) is 48.6 Å². The third-order valence-electron chi connectivity index (χ3n) is 11.4. The number of nitrogens with zero attached hydrogens (tertiary/aromatic N) is 2. The fourth-order valence-electron chi connectivity index (χ4n) is 7.10. The van der Waals surface area contributed by atoms with Crippen LogP contribution < -0.4 is 11.4 Å². The molecule has 408 valence electrons. The zero-order valence-corrected chi connectivity index (χ0v) is 44.3. The number of carbonyl (C=O) groups is 2. The average Bonchev–Trinajstić information content (AvgIpc) is 3.61. The van der Waals surface area contributed by atoms with Gasteiger partial charge in [0, 0.05) is 19.0 Å². The van der Waals surface area contributed by atoms with Crippen molar-refractivity contribution < 1.29 is 71.4 Å². The number of phosphoric ester groups is 2. The summed E-state index contributed by atoms with van der Waals surface area (Å²) in [6.45, 7) is 4.20. The minimum absolute atomic E-state index is 0.0221. The van der Waals surface area contributed by atoms with E-state index in [1.165, 1.54) is 51.0 Å². The molecule has 1 aromatic heterocycles. The van der Waals surface area contributed by atoms with Gasteiger partial charge in [-0.2, -0.15) is 9.29 Å². The lowest BCUT2D eigenvalue weighted by molar-refractivity contribution is -0.161. The molecule has 1 aliphatic heterocycles. The summed E-state index contributed by atoms with van der Waals surface area (Å²) in [5.74, 6) is -0.647. The standard InChI is InChI=1S/C51H83N3O16P2/c1-4-6-7-8-22-27-32-42(55)33-28-23-18-14-10-12-15-19-24-29-34-46(56)65-38-43(68-47(57)35-30-25-20-16-11-9-13-17-21-26-31-41(3)5-2)39-66-71(61,62)70-72(63,64)67-40-44-48(58)49(59)50(69-44)54-37-36-45(52)53-51(54)60/h6-7,10,12,18-19,22-24,27-28,33,36-37,41-44,48-50,55,58-59H,4-5,8-9,11,13-17,20-21,25-26,29-32,34-35,38-40H2,1-3H3,(H,61,62)(H,63,64)(H2,52,53,60)/b7-6-,12-10-,23-18-,24-19-,27-22-,33-28+/t41?,42?,43-,44-,48-,49-,50-/m1/s1. The molecular formula is C51H83N3O16P2. The lowest BCUT2D eigenvalue weighted by atomic mass is 9.99. The quantitative estimate of drug-likeness (QED) is 0.0117. The first-order valence-corrected chi connectivity index (χ1v) is 28.4. The van der Waals surface area contributed by atoms with Crippen molar-refractivity contribution in [3.8, 4) is 0 Å². The van der Waals surface area contributed by atoms with Crippen molar-refractivity contribution >= 4 is 33.4 Å². The topological polar surface area (TPSA) is 286 Å². The SMILES string of the molecule is CC/C=C\C/C=C\CC(O)/C=C/C=C\C/C=C\C/C=C\CCC(=O)OC[C@H](COP(=O)(O)OP(=O)(O)OC[C@H]1O[C@@H](n2ccc(N)nc2=O)[C@H](O)[C@@H]1O)OC(=O)CCCCCCCCCCCCC(C)CC. The molecule has 4 unspecified atom stereocenters. The predicted octanol–water partition coefficient (Wildman–Crippen LogP) is 9.33. The highest BCUT2D eigenvalue weighted by atomic mass is 31.3. The Hall–Kier alpha value is -3.84. The molecule has 0 radical (unpaired) electrons. The van der Waals surface area contributed by atoms with E-state index in [0.717, 1.165) is 55.2 Å². The smallest absolute Gasteiger partial charge is 0.462 e. The van der Waals surface area contributed by atoms with Crippen LogP contribution in [0.4, 0.5) is 5.82 Å². The van der Waals surface area contributed by atoms with Crippen molar-refractivity contribution in [3.05, 3.63) is 95.7 Å². The molecule has 72 heavy (non-hydrogen) atoms. The van der Waals surface area contributed by atoms with Crippen LogP contribution in [0.15, 0.2) is 90.0 Å². The Labute approximate surface area is 426 Å². The highest BCUT2D eigenvalue weighted by molar-refractivity contribution is 7.61. The van der Waals surface area contributed by atoms with E-state index in [2.05, 4.69) is 42.2 Å². The zero-order valence-electron chi connectivity index (χ0n) is 42.5. The molecule has 1 saturated heterocycles. The van der Waals surface area contributed by atoms with Gasteiger partial charge in [0.15, 0.2) is 12.3 Å². The van der Waals surface area contributed by atoms with E-state index in [4.69, 9.17) is 29.0 Å². The minimum Gasteiger partial charge on any atom is -0.462 e. The number of aromatic nitrogens is 2. The third-order valence-corrected chi connectivity index (χ3v) is 14.0. The van der Waals surface area contributed by atoms with Crippen molar-refractivity contribution in [3.63, 3.8) is 0 Å². The monoisotopic (exact) mass is 1060 g/mol. The van der Waals surface area contributed by atoms with Crippen molar-refractivity contribution in [2.75, 3.05) is 25.6 Å². The number of nitrogen functional groups attached to an aromatic ring is 1. The van der Waals surface area contributed by atoms with Gasteiger partial charge in [-0.3, -0.25) is 23.2 Å². The van der Waals surface area contributed by atoms with Gasteiger partial charge in [0.1, 0.15) is 30.7 Å². The molecule has 2 rings (SSSR count). The molecule has 9 atom stereocenters. The number of ether oxygens (including phenoxy) is 3. The first kappa shape index (κ1) is 64.3. The zero-order chi connectivity index (χ0) is 53.0. The first-order chi connectivity index (χ1) is 34.5. The Morgan fingerprint density at radius 2 is 1.40 bits per heavy atom. The lowest BCUT2D eigenvalue weighted by Crippen LogP contribution is -2.36. The largest absolute Gasteiger partial charge is 0.481 e. The van der Waals surface area contributed by atoms with Crippen LogP contribution in [0.25, 0.3) is 0 Å². The van der Waals surface area contributed by atoms with E-state index in [1.54, 1.807) is 6.08 Å². The number of hydrogen-bond donors (Lipinski definition) is 6. The summed E-state index contributed by atoms with van der Waals surface area (Å²) in [6.07, 6.45) is 33.2. The summed E-state index contributed by atoms with van der Waals surface area (Å²) in [6, 6.07) is 1.24. The van der Waals surface area contributed by atoms with Gasteiger partial charge < -0.3 is 45.1 Å². The molecule has 1 fully saturated rings. The predicted molar refractivity (Wildman–Crippen MR) is 276 cm³/mol. The molecule has 2 heterocycles. The van der Waals surface area contributed by atoms with Crippen LogP contribution in [-0.4, -0.2) is 96.9 Å². The van der Waals surface area contributed by atoms with Crippen molar-refractivity contribution in [2.45, 2.75) is 186 Å². The number of unbranched alkanes of at least 4 members (excludes halogenated alkanes) is 9. The summed E-state index contributed by atoms with van der Waals surface area (Å²) in [4.78, 5) is 61.9. The number of aliphatic hydroxyl groups excluding tert-OH is 3. The molecule has 0 aliphatic carbocycles. The van der Waals surface area contributed by atoms with E-state index in [0.29, 0.717) is 32.1 Å². The number of hydrogen-bond acceptors (Lipinski definition) is 16. The number of anilines is 1. The summed E-state index contributed by atoms with van der Waals surface area (Å²) < 4.78 is 56.7. The molecule has 0 aromatic carbocycles. The molecule has 0 spiro atoms. The lowest BCUT2D eigenvalue weighted by Gasteiger charge is -2.21. The van der Waals surface area contributed by atoms with Crippen molar-refractivity contribution in [1.29, 1.82) is 0 Å². The molecule has 21 heteroatoms. The Morgan fingerprint density at radius 1 is 0.792 bits per heavy atom. The van der Waals surface area contributed by atoms with Gasteiger partial charge in [-0.05, 0) is 56.9 Å². The average molecular weight is 1060 g/mol. The second kappa shape index (κ2) is 37.8. The maximum Gasteiger partial charge on any atom is 0.481 e. The van der Waals surface area contributed by atoms with Crippen LogP contribution in [0.5, 0.6) is 0 Å². The van der Waals surface area contributed by atoms with Crippen LogP contribution >= 0.6 is 15.6 Å². The number of allylic oxidation sites excluding steroid dienone is 10. The van der Waals surface area contributed by atoms with Gasteiger partial charge in [-0.1, -0.05) is 164 Å². The Balaban J connectivity index is 1.85. The number of nitrogens with two attached hydrogens (primary N) is 1. The van der Waals surface area contributed by atoms with Crippen LogP contribution in [0, 0.1) is 5.92 Å². The molecule has 1 aromatic rings. The molecular weight excluding hydrogens is 973 g/mol. The van der Waals surface area contributed by atoms with Crippen LogP contribution in [-0.2, 0) is 46.3 Å². The maximum absolute atomic E-state index is 12.9. The number of phosphoric acid groups is 2. The van der Waals surface area contributed by atoms with Crippen LogP contribution in [0.2, 0.25) is 0 Å². The third kappa shape index (κ3) is 30.4. The highest BCUT2D eigenvalue weighted by Crippen LogP contribution is 2.60. The molecule has 0 bridgehead atoms. The normalized spacial score (nSPS) is 20.6. The van der Waals surface area contributed by atoms with Gasteiger partial charge >= 0.3 is 33.3 Å². The summed E-state index contributed by atoms with van der Waals surface area (Å²) in [5.41, 5.74) is 4.58. The minimum atomic E-state index is -5.45. The molecule has 7 N–H and O–H groups in total. The fourth-order valence-corrected chi connectivity index (χ4v) is 9.21. The number of aliphatic hydroxyl groups is 3. The highest BCUT2D eigenvalue weighted by Gasteiger charge is 2.46. The van der Waals surface area contributed by atoms with E-state index >= 15 is 0 Å². The second-order valence-corrected chi connectivity index (χ2v) is 20.8. The Morgan fingerprint density at radius 3 is 2.07 bits per heavy atom. The van der Waals surface area contributed by atoms with Gasteiger partial charge in [-0.25, -0.2) is 13.9 Å². The maximum atomic E-state index is 12.9. The summed E-state index contributed by atoms with van der Waals surface area (Å²) in [7, 11) is -10.9. The Bertz CT molecular complexity index is 2020. The van der Waals surface area contributed by atoms with Crippen molar-refractivity contribution in [2.24, 2.45) is 5.92 Å². The van der Waals surface area contributed by atoms with Crippen molar-refractivity contribution in [1.82, 2.24) is 9.55 Å². The van der Waals surface area contributed by atoms with E-state index in [-0.39, 0.29) is 18.7 Å². The van der Waals surface area contributed by atoms with Gasteiger partial charge in [-0.15, -0.1) is 0 Å². The number of esters is 2. The Kier molecular flexibility index (Phi) is 33.8. The van der Waals surface area contributed by atoms with E-state index < -0.39 is 89.8 Å². The van der Waals surface area contributed by atoms with Gasteiger partial charge in [0.2, 0.25) is 0 Å². The summed E-state index contributed by atoms with van der Waals surface area (Å²) >= 11 is 0. The molecule has 1 aliphatic rings. The number of carbonyl (C=O) groups excluding carboxylic acids is 2. The first-order valence-electron chi connectivity index (χ1n) is 25.5. The van der Waals surface area contributed by atoms with E-state index in [1.807, 2.05) is 54.7 Å². The van der Waals surface area contributed by atoms with Crippen LogP contribution in [0.3, 0.4) is 0 Å². The van der Waals surface area contributed by atoms with Gasteiger partial charge in [0.05, 0.1) is 19.3 Å².